The van der Waals surface area contributed by atoms with Gasteiger partial charge in [0.25, 0.3) is 0 Å². The molecule has 0 spiro atoms. The van der Waals surface area contributed by atoms with Gasteiger partial charge in [0.15, 0.2) is 0 Å². The molecule has 1 aromatic rings. The number of hydrogen-bond donors (Lipinski definition) is 2. The van der Waals surface area contributed by atoms with E-state index < -0.39 is 0 Å². The Hall–Kier alpha value is -0.450. The van der Waals surface area contributed by atoms with E-state index in [9.17, 15) is 5.11 Å². The Balaban J connectivity index is 1.95. The molecule has 1 fully saturated rings. The van der Waals surface area contributed by atoms with Gasteiger partial charge in [0, 0.05) is 17.0 Å². The smallest absolute Gasteiger partial charge is 0.107 e. The lowest BCUT2D eigenvalue weighted by Crippen LogP contribution is -2.49. The number of aromatic nitrogens is 1. The molecule has 0 atom stereocenters. The molecule has 96 valence electrons. The summed E-state index contributed by atoms with van der Waals surface area (Å²) in [6.07, 6.45) is 5.94. The topological polar surface area (TPSA) is 45.2 Å². The third kappa shape index (κ3) is 3.06. The molecule has 1 aliphatic rings. The summed E-state index contributed by atoms with van der Waals surface area (Å²) in [5.41, 5.74) is 1.08. The number of aryl methyl sites for hydroxylation is 2. The molecule has 0 radical (unpaired) electrons. The van der Waals surface area contributed by atoms with Gasteiger partial charge in [0.1, 0.15) is 5.01 Å². The fourth-order valence-electron chi connectivity index (χ4n) is 2.50. The van der Waals surface area contributed by atoms with Crippen LogP contribution >= 0.6 is 11.3 Å². The molecular weight excluding hydrogens is 232 g/mol. The molecule has 0 unspecified atom stereocenters. The lowest BCUT2D eigenvalue weighted by molar-refractivity contribution is 0.119. The summed E-state index contributed by atoms with van der Waals surface area (Å²) >= 11 is 1.76. The largest absolute Gasteiger partial charge is 0.394 e. The molecule has 2 N–H and O–H groups in total. The van der Waals surface area contributed by atoms with E-state index in [0.717, 1.165) is 30.1 Å². The number of nitrogens with one attached hydrogen (secondary N) is 1. The highest BCUT2D eigenvalue weighted by Crippen LogP contribution is 2.28. The van der Waals surface area contributed by atoms with Gasteiger partial charge in [0.2, 0.25) is 0 Å². The number of nitrogens with zero attached hydrogens (tertiary/aromatic N) is 1. The zero-order valence-corrected chi connectivity index (χ0v) is 11.6. The number of thiazole rings is 1. The maximum absolute atomic E-state index is 9.60. The molecule has 0 aliphatic heterocycles. The molecule has 0 bridgehead atoms. The first-order valence-corrected chi connectivity index (χ1v) is 7.26. The van der Waals surface area contributed by atoms with E-state index in [4.69, 9.17) is 0 Å². The Morgan fingerprint density at radius 3 is 2.53 bits per heavy atom. The number of aliphatic hydroxyl groups is 1. The van der Waals surface area contributed by atoms with Crippen LogP contribution in [0.5, 0.6) is 0 Å². The van der Waals surface area contributed by atoms with Crippen LogP contribution in [0.25, 0.3) is 0 Å². The zero-order chi connectivity index (χ0) is 12.3. The van der Waals surface area contributed by atoms with E-state index in [1.165, 1.54) is 24.1 Å². The van der Waals surface area contributed by atoms with Crippen LogP contribution in [0.4, 0.5) is 0 Å². The van der Waals surface area contributed by atoms with Crippen molar-refractivity contribution in [3.05, 3.63) is 15.6 Å². The van der Waals surface area contributed by atoms with Gasteiger partial charge in [-0.1, -0.05) is 19.3 Å². The first-order chi connectivity index (χ1) is 8.15. The number of hydrogen-bond acceptors (Lipinski definition) is 4. The van der Waals surface area contributed by atoms with Crippen LogP contribution in [-0.4, -0.2) is 22.2 Å². The van der Waals surface area contributed by atoms with Gasteiger partial charge >= 0.3 is 0 Å². The maximum Gasteiger partial charge on any atom is 0.107 e. The SMILES string of the molecule is Cc1nc(CNC2(CO)CCCCC2)sc1C. The highest BCUT2D eigenvalue weighted by atomic mass is 32.1. The van der Waals surface area contributed by atoms with Gasteiger partial charge in [0.05, 0.1) is 12.3 Å². The third-order valence-electron chi connectivity index (χ3n) is 3.80. The van der Waals surface area contributed by atoms with Gasteiger partial charge < -0.3 is 10.4 Å². The minimum Gasteiger partial charge on any atom is -0.394 e. The van der Waals surface area contributed by atoms with E-state index in [1.54, 1.807) is 11.3 Å². The number of rotatable bonds is 4. The van der Waals surface area contributed by atoms with Gasteiger partial charge in [-0.15, -0.1) is 11.3 Å². The summed E-state index contributed by atoms with van der Waals surface area (Å²) in [5.74, 6) is 0. The summed E-state index contributed by atoms with van der Waals surface area (Å²) < 4.78 is 0. The normalized spacial score (nSPS) is 19.5. The van der Waals surface area contributed by atoms with Crippen molar-refractivity contribution in [2.45, 2.75) is 58.0 Å². The number of aliphatic hydroxyl groups excluding tert-OH is 1. The van der Waals surface area contributed by atoms with Crippen molar-refractivity contribution < 1.29 is 5.11 Å². The highest BCUT2D eigenvalue weighted by Gasteiger charge is 2.30. The summed E-state index contributed by atoms with van der Waals surface area (Å²) in [4.78, 5) is 5.83. The molecule has 0 aromatic carbocycles. The van der Waals surface area contributed by atoms with Gasteiger partial charge in [-0.2, -0.15) is 0 Å². The van der Waals surface area contributed by atoms with Crippen molar-refractivity contribution in [2.24, 2.45) is 0 Å². The molecule has 2 rings (SSSR count). The molecule has 0 amide bonds. The molecular formula is C13H22N2OS. The van der Waals surface area contributed by atoms with Crippen LogP contribution in [0.1, 0.15) is 47.7 Å². The summed E-state index contributed by atoms with van der Waals surface area (Å²) in [6, 6.07) is 0. The predicted octanol–water partition coefficient (Wildman–Crippen LogP) is 2.54. The van der Waals surface area contributed by atoms with Crippen molar-refractivity contribution in [3.63, 3.8) is 0 Å². The fraction of sp³-hybridized carbons (Fsp3) is 0.769. The Kier molecular flexibility index (Phi) is 4.17. The predicted molar refractivity (Wildman–Crippen MR) is 71.3 cm³/mol. The van der Waals surface area contributed by atoms with Crippen LogP contribution in [0, 0.1) is 13.8 Å². The molecule has 17 heavy (non-hydrogen) atoms. The van der Waals surface area contributed by atoms with Gasteiger partial charge in [-0.3, -0.25) is 0 Å². The molecule has 4 heteroatoms. The van der Waals surface area contributed by atoms with Crippen molar-refractivity contribution in [1.82, 2.24) is 10.3 Å². The van der Waals surface area contributed by atoms with Crippen molar-refractivity contribution in [3.8, 4) is 0 Å². The average molecular weight is 254 g/mol. The van der Waals surface area contributed by atoms with E-state index in [-0.39, 0.29) is 12.1 Å². The maximum atomic E-state index is 9.60. The van der Waals surface area contributed by atoms with Crippen LogP contribution in [0.2, 0.25) is 0 Å². The van der Waals surface area contributed by atoms with E-state index in [2.05, 4.69) is 24.1 Å². The van der Waals surface area contributed by atoms with Crippen molar-refractivity contribution >= 4 is 11.3 Å². The molecule has 0 saturated heterocycles. The zero-order valence-electron chi connectivity index (χ0n) is 10.8. The second-order valence-electron chi connectivity index (χ2n) is 5.10. The van der Waals surface area contributed by atoms with E-state index in [1.807, 2.05) is 0 Å². The quantitative estimate of drug-likeness (QED) is 0.868. The minimum absolute atomic E-state index is 0.0499. The molecule has 1 aromatic heterocycles. The molecule has 1 saturated carbocycles. The van der Waals surface area contributed by atoms with Gasteiger partial charge in [-0.25, -0.2) is 4.98 Å². The van der Waals surface area contributed by atoms with Crippen molar-refractivity contribution in [1.29, 1.82) is 0 Å². The van der Waals surface area contributed by atoms with Crippen LogP contribution in [0.3, 0.4) is 0 Å². The first-order valence-electron chi connectivity index (χ1n) is 6.44. The minimum atomic E-state index is -0.0499. The Labute approximate surface area is 107 Å². The second kappa shape index (κ2) is 5.46. The summed E-state index contributed by atoms with van der Waals surface area (Å²) in [5, 5.41) is 14.3. The Morgan fingerprint density at radius 2 is 2.00 bits per heavy atom. The van der Waals surface area contributed by atoms with Crippen LogP contribution in [0.15, 0.2) is 0 Å². The Bertz CT molecular complexity index is 350. The molecule has 1 aliphatic carbocycles. The van der Waals surface area contributed by atoms with Crippen LogP contribution in [-0.2, 0) is 6.54 Å². The second-order valence-corrected chi connectivity index (χ2v) is 6.39. The summed E-state index contributed by atoms with van der Waals surface area (Å²) in [7, 11) is 0. The molecule has 3 nitrogen and oxygen atoms in total. The average Bonchev–Trinajstić information content (AvgIpc) is 2.68. The highest BCUT2D eigenvalue weighted by molar-refractivity contribution is 7.11. The van der Waals surface area contributed by atoms with Gasteiger partial charge in [-0.05, 0) is 26.7 Å². The van der Waals surface area contributed by atoms with Crippen LogP contribution < -0.4 is 5.32 Å². The summed E-state index contributed by atoms with van der Waals surface area (Å²) in [6.45, 7) is 5.20. The van der Waals surface area contributed by atoms with E-state index >= 15 is 0 Å². The Morgan fingerprint density at radius 1 is 1.29 bits per heavy atom. The monoisotopic (exact) mass is 254 g/mol. The lowest BCUT2D eigenvalue weighted by atomic mass is 9.82. The van der Waals surface area contributed by atoms with E-state index in [0.29, 0.717) is 0 Å². The molecule has 1 heterocycles. The third-order valence-corrected chi connectivity index (χ3v) is 4.87. The lowest BCUT2D eigenvalue weighted by Gasteiger charge is -2.36. The van der Waals surface area contributed by atoms with Crippen molar-refractivity contribution in [2.75, 3.05) is 6.61 Å². The fourth-order valence-corrected chi connectivity index (χ4v) is 3.37. The standard InChI is InChI=1S/C13H22N2OS/c1-10-11(2)17-12(15-10)8-14-13(9-16)6-4-3-5-7-13/h14,16H,3-9H2,1-2H3. The first kappa shape index (κ1) is 13.0.